The second-order valence-electron chi connectivity index (χ2n) is 3.01. The lowest BCUT2D eigenvalue weighted by Crippen LogP contribution is -2.53. The fourth-order valence-electron chi connectivity index (χ4n) is 1.16. The molecule has 1 rings (SSSR count). The molecular formula is C8H16N4OS2. The van der Waals surface area contributed by atoms with Crippen LogP contribution in [0, 0.1) is 0 Å². The van der Waals surface area contributed by atoms with Gasteiger partial charge >= 0.3 is 0 Å². The zero-order chi connectivity index (χ0) is 11.1. The number of hydrogen-bond acceptors (Lipinski definition) is 3. The molecule has 0 saturated carbocycles. The van der Waals surface area contributed by atoms with Crippen LogP contribution in [0.2, 0.25) is 0 Å². The summed E-state index contributed by atoms with van der Waals surface area (Å²) < 4.78 is 5.23. The Morgan fingerprint density at radius 3 is 2.53 bits per heavy atom. The summed E-state index contributed by atoms with van der Waals surface area (Å²) in [6.45, 7) is 5.86. The van der Waals surface area contributed by atoms with Gasteiger partial charge in [0.25, 0.3) is 0 Å². The summed E-state index contributed by atoms with van der Waals surface area (Å²) in [6.07, 6.45) is 0. The zero-order valence-electron chi connectivity index (χ0n) is 8.71. The summed E-state index contributed by atoms with van der Waals surface area (Å²) in [7, 11) is 0. The Morgan fingerprint density at radius 2 is 1.93 bits per heavy atom. The second kappa shape index (κ2) is 6.76. The number of ether oxygens (including phenoxy) is 1. The summed E-state index contributed by atoms with van der Waals surface area (Å²) in [6, 6.07) is 0. The molecule has 0 unspecified atom stereocenters. The van der Waals surface area contributed by atoms with E-state index in [2.05, 4.69) is 16.2 Å². The van der Waals surface area contributed by atoms with E-state index in [1.54, 1.807) is 0 Å². The van der Waals surface area contributed by atoms with Gasteiger partial charge in [-0.1, -0.05) is 0 Å². The maximum Gasteiger partial charge on any atom is 0.188 e. The average Bonchev–Trinajstić information content (AvgIpc) is 2.27. The minimum Gasteiger partial charge on any atom is -0.378 e. The number of hydrazine groups is 1. The van der Waals surface area contributed by atoms with Crippen LogP contribution in [0.1, 0.15) is 6.92 Å². The van der Waals surface area contributed by atoms with Gasteiger partial charge in [-0.2, -0.15) is 0 Å². The van der Waals surface area contributed by atoms with Crippen molar-refractivity contribution in [2.45, 2.75) is 6.92 Å². The molecule has 1 aliphatic heterocycles. The van der Waals surface area contributed by atoms with Crippen molar-refractivity contribution in [2.24, 2.45) is 0 Å². The van der Waals surface area contributed by atoms with Gasteiger partial charge in [0.05, 0.1) is 13.2 Å². The monoisotopic (exact) mass is 248 g/mol. The van der Waals surface area contributed by atoms with Gasteiger partial charge < -0.3 is 15.0 Å². The molecule has 1 fully saturated rings. The Bertz CT molecular complexity index is 231. The topological polar surface area (TPSA) is 48.6 Å². The Balaban J connectivity index is 2.19. The average molecular weight is 248 g/mol. The van der Waals surface area contributed by atoms with Gasteiger partial charge in [-0.05, 0) is 31.4 Å². The summed E-state index contributed by atoms with van der Waals surface area (Å²) in [5, 5.41) is 4.16. The van der Waals surface area contributed by atoms with Gasteiger partial charge in [0.1, 0.15) is 0 Å². The summed E-state index contributed by atoms with van der Waals surface area (Å²) in [4.78, 5) is 2.04. The van der Waals surface area contributed by atoms with Crippen LogP contribution in [0.15, 0.2) is 0 Å². The molecule has 0 aliphatic carbocycles. The van der Waals surface area contributed by atoms with Crippen molar-refractivity contribution in [3.8, 4) is 0 Å². The molecule has 15 heavy (non-hydrogen) atoms. The molecule has 3 N–H and O–H groups in total. The maximum absolute atomic E-state index is 5.23. The first-order chi connectivity index (χ1) is 7.24. The highest BCUT2D eigenvalue weighted by atomic mass is 32.1. The zero-order valence-corrected chi connectivity index (χ0v) is 10.3. The third-order valence-electron chi connectivity index (χ3n) is 1.92. The van der Waals surface area contributed by atoms with Crippen LogP contribution >= 0.6 is 24.4 Å². The van der Waals surface area contributed by atoms with E-state index >= 15 is 0 Å². The van der Waals surface area contributed by atoms with Crippen molar-refractivity contribution in [1.82, 2.24) is 21.1 Å². The first-order valence-electron chi connectivity index (χ1n) is 4.90. The lowest BCUT2D eigenvalue weighted by molar-refractivity contribution is 0.0675. The van der Waals surface area contributed by atoms with Gasteiger partial charge in [-0.15, -0.1) is 0 Å². The highest BCUT2D eigenvalue weighted by molar-refractivity contribution is 7.80. The molecule has 7 heteroatoms. The van der Waals surface area contributed by atoms with E-state index in [9.17, 15) is 0 Å². The summed E-state index contributed by atoms with van der Waals surface area (Å²) in [5.41, 5.74) is 5.71. The van der Waals surface area contributed by atoms with E-state index in [-0.39, 0.29) is 0 Å². The molecule has 0 aromatic heterocycles. The predicted octanol–water partition coefficient (Wildman–Crippen LogP) is -0.408. The minimum atomic E-state index is 0.549. The Kier molecular flexibility index (Phi) is 5.59. The Labute approximate surface area is 100 Å². The largest absolute Gasteiger partial charge is 0.378 e. The third-order valence-corrected chi connectivity index (χ3v) is 2.53. The standard InChI is InChI=1S/C8H16N4OS2/c1-2-9-7(14)10-11-8(15)12-3-5-13-6-4-12/h2-6H2,1H3,(H,11,15)(H2,9,10,14). The Morgan fingerprint density at radius 1 is 1.27 bits per heavy atom. The van der Waals surface area contributed by atoms with E-state index < -0.39 is 0 Å². The number of hydrogen-bond donors (Lipinski definition) is 3. The predicted molar refractivity (Wildman–Crippen MR) is 67.5 cm³/mol. The van der Waals surface area contributed by atoms with Crippen LogP contribution in [-0.4, -0.2) is 48.0 Å². The van der Waals surface area contributed by atoms with Gasteiger partial charge in [0, 0.05) is 19.6 Å². The van der Waals surface area contributed by atoms with Gasteiger partial charge in [-0.25, -0.2) is 0 Å². The van der Waals surface area contributed by atoms with Crippen LogP contribution in [0.5, 0.6) is 0 Å². The van der Waals surface area contributed by atoms with Crippen LogP contribution in [0.3, 0.4) is 0 Å². The molecule has 1 aliphatic rings. The smallest absolute Gasteiger partial charge is 0.188 e. The minimum absolute atomic E-state index is 0.549. The van der Waals surface area contributed by atoms with Gasteiger partial charge in [0.15, 0.2) is 10.2 Å². The fraction of sp³-hybridized carbons (Fsp3) is 0.750. The van der Waals surface area contributed by atoms with Crippen molar-refractivity contribution in [1.29, 1.82) is 0 Å². The summed E-state index contributed by atoms with van der Waals surface area (Å²) >= 11 is 10.2. The molecule has 5 nitrogen and oxygen atoms in total. The van der Waals surface area contributed by atoms with E-state index in [1.807, 2.05) is 11.8 Å². The highest BCUT2D eigenvalue weighted by Gasteiger charge is 2.12. The molecule has 0 atom stereocenters. The van der Waals surface area contributed by atoms with E-state index in [1.165, 1.54) is 0 Å². The second-order valence-corrected chi connectivity index (χ2v) is 3.81. The molecule has 0 aromatic rings. The molecular weight excluding hydrogens is 232 g/mol. The fourth-order valence-corrected chi connectivity index (χ4v) is 1.59. The molecule has 0 aromatic carbocycles. The lowest BCUT2D eigenvalue weighted by atomic mass is 10.5. The van der Waals surface area contributed by atoms with Crippen molar-refractivity contribution < 1.29 is 4.74 Å². The van der Waals surface area contributed by atoms with E-state index in [0.717, 1.165) is 32.8 Å². The normalized spacial score (nSPS) is 15.7. The van der Waals surface area contributed by atoms with Crippen LogP contribution < -0.4 is 16.2 Å². The van der Waals surface area contributed by atoms with Crippen LogP contribution in [-0.2, 0) is 4.74 Å². The first kappa shape index (κ1) is 12.4. The SMILES string of the molecule is CCNC(=S)NNC(=S)N1CCOCC1. The number of rotatable bonds is 1. The first-order valence-corrected chi connectivity index (χ1v) is 5.72. The van der Waals surface area contributed by atoms with Crippen LogP contribution in [0.4, 0.5) is 0 Å². The van der Waals surface area contributed by atoms with E-state index in [4.69, 9.17) is 29.2 Å². The maximum atomic E-state index is 5.23. The van der Waals surface area contributed by atoms with Crippen molar-refractivity contribution in [2.75, 3.05) is 32.8 Å². The third kappa shape index (κ3) is 4.59. The molecule has 0 spiro atoms. The quantitative estimate of drug-likeness (QED) is 0.431. The molecule has 1 saturated heterocycles. The van der Waals surface area contributed by atoms with Gasteiger partial charge in [-0.3, -0.25) is 10.9 Å². The van der Waals surface area contributed by atoms with E-state index in [0.29, 0.717) is 10.2 Å². The molecule has 86 valence electrons. The van der Waals surface area contributed by atoms with Gasteiger partial charge in [0.2, 0.25) is 0 Å². The number of thiocarbonyl (C=S) groups is 2. The highest BCUT2D eigenvalue weighted by Crippen LogP contribution is 1.96. The van der Waals surface area contributed by atoms with Crippen LogP contribution in [0.25, 0.3) is 0 Å². The lowest BCUT2D eigenvalue weighted by Gasteiger charge is -2.29. The van der Waals surface area contributed by atoms with Crippen molar-refractivity contribution in [3.05, 3.63) is 0 Å². The Hall–Kier alpha value is -0.660. The number of nitrogens with zero attached hydrogens (tertiary/aromatic N) is 1. The van der Waals surface area contributed by atoms with Crippen molar-refractivity contribution >= 4 is 34.7 Å². The molecule has 0 radical (unpaired) electrons. The molecule has 1 heterocycles. The molecule has 0 bridgehead atoms. The number of morpholine rings is 1. The summed E-state index contributed by atoms with van der Waals surface area (Å²) in [5.74, 6) is 0. The molecule has 0 amide bonds. The van der Waals surface area contributed by atoms with Crippen molar-refractivity contribution in [3.63, 3.8) is 0 Å². The number of nitrogens with one attached hydrogen (secondary N) is 3.